The van der Waals surface area contributed by atoms with Crippen molar-refractivity contribution >= 4 is 22.4 Å². The van der Waals surface area contributed by atoms with E-state index in [2.05, 4.69) is 26.7 Å². The van der Waals surface area contributed by atoms with E-state index in [4.69, 9.17) is 9.47 Å². The molecular weight excluding hydrogens is 358 g/mol. The number of ether oxygens (including phenoxy) is 2. The summed E-state index contributed by atoms with van der Waals surface area (Å²) in [5.74, 6) is 6.80. The molecule has 1 fully saturated rings. The van der Waals surface area contributed by atoms with Gasteiger partial charge in [0.2, 0.25) is 5.88 Å². The van der Waals surface area contributed by atoms with Crippen molar-refractivity contribution in [3.05, 3.63) is 52.3 Å². The lowest BCUT2D eigenvalue weighted by atomic mass is 10.2. The Morgan fingerprint density at radius 2 is 1.81 bits per heavy atom. The van der Waals surface area contributed by atoms with Crippen LogP contribution in [0.5, 0.6) is 5.88 Å². The highest BCUT2D eigenvalue weighted by Gasteiger charge is 2.12. The SMILES string of the molecule is C(#Cc1nc2cscc2nc1OCCCN1CCOCC1)c1ccccc1. The van der Waals surface area contributed by atoms with E-state index in [9.17, 15) is 0 Å². The zero-order chi connectivity index (χ0) is 18.3. The molecule has 0 unspecified atom stereocenters. The van der Waals surface area contributed by atoms with Gasteiger partial charge < -0.3 is 9.47 Å². The fraction of sp³-hybridized carbons (Fsp3) is 0.333. The standard InChI is InChI=1S/C21H21N3O2S/c1-2-5-17(6-3-1)7-8-18-21(23-20-16-27-15-19(20)22-18)26-12-4-9-24-10-13-25-14-11-24/h1-3,5-6,15-16H,4,9-14H2. The molecule has 0 saturated carbocycles. The first-order chi connectivity index (χ1) is 13.4. The monoisotopic (exact) mass is 379 g/mol. The van der Waals surface area contributed by atoms with Crippen LogP contribution < -0.4 is 4.74 Å². The summed E-state index contributed by atoms with van der Waals surface area (Å²) in [6, 6.07) is 9.88. The molecule has 0 N–H and O–H groups in total. The summed E-state index contributed by atoms with van der Waals surface area (Å²) in [6.07, 6.45) is 0.939. The third kappa shape index (κ3) is 4.83. The maximum absolute atomic E-state index is 5.96. The Labute approximate surface area is 163 Å². The number of benzene rings is 1. The predicted octanol–water partition coefficient (Wildman–Crippen LogP) is 3.19. The minimum absolute atomic E-state index is 0.520. The van der Waals surface area contributed by atoms with E-state index in [-0.39, 0.29) is 0 Å². The molecule has 27 heavy (non-hydrogen) atoms. The highest BCUT2D eigenvalue weighted by atomic mass is 32.1. The lowest BCUT2D eigenvalue weighted by Crippen LogP contribution is -2.37. The van der Waals surface area contributed by atoms with Crippen LogP contribution in [-0.2, 0) is 4.74 Å². The van der Waals surface area contributed by atoms with Crippen molar-refractivity contribution in [1.29, 1.82) is 0 Å². The molecular formula is C21H21N3O2S. The van der Waals surface area contributed by atoms with Crippen molar-refractivity contribution < 1.29 is 9.47 Å². The van der Waals surface area contributed by atoms with Crippen LogP contribution in [0.4, 0.5) is 0 Å². The van der Waals surface area contributed by atoms with Crippen molar-refractivity contribution in [3.63, 3.8) is 0 Å². The number of rotatable bonds is 5. The van der Waals surface area contributed by atoms with Crippen LogP contribution in [0.3, 0.4) is 0 Å². The van der Waals surface area contributed by atoms with E-state index in [0.717, 1.165) is 55.9 Å². The highest BCUT2D eigenvalue weighted by molar-refractivity contribution is 7.09. The van der Waals surface area contributed by atoms with Crippen LogP contribution in [0.2, 0.25) is 0 Å². The normalized spacial score (nSPS) is 14.7. The predicted molar refractivity (Wildman–Crippen MR) is 107 cm³/mol. The van der Waals surface area contributed by atoms with Gasteiger partial charge in [-0.1, -0.05) is 24.1 Å². The zero-order valence-corrected chi connectivity index (χ0v) is 15.9. The van der Waals surface area contributed by atoms with Gasteiger partial charge in [0, 0.05) is 36.0 Å². The van der Waals surface area contributed by atoms with Gasteiger partial charge in [-0.05, 0) is 24.5 Å². The van der Waals surface area contributed by atoms with Gasteiger partial charge in [0.1, 0.15) is 11.0 Å². The minimum atomic E-state index is 0.520. The van der Waals surface area contributed by atoms with E-state index in [1.165, 1.54) is 0 Å². The van der Waals surface area contributed by atoms with Gasteiger partial charge in [-0.25, -0.2) is 9.97 Å². The molecule has 3 aromatic rings. The number of nitrogens with zero attached hydrogens (tertiary/aromatic N) is 3. The smallest absolute Gasteiger partial charge is 0.249 e. The van der Waals surface area contributed by atoms with Gasteiger partial charge >= 0.3 is 0 Å². The number of hydrogen-bond acceptors (Lipinski definition) is 6. The molecule has 0 spiro atoms. The molecule has 138 valence electrons. The van der Waals surface area contributed by atoms with E-state index < -0.39 is 0 Å². The number of thiophene rings is 1. The Bertz CT molecular complexity index is 940. The minimum Gasteiger partial charge on any atom is -0.476 e. The van der Waals surface area contributed by atoms with Gasteiger partial charge in [0.25, 0.3) is 0 Å². The number of aromatic nitrogens is 2. The average molecular weight is 379 g/mol. The molecule has 3 heterocycles. The first-order valence-electron chi connectivity index (χ1n) is 9.12. The summed E-state index contributed by atoms with van der Waals surface area (Å²) in [5, 5.41) is 3.97. The fourth-order valence-electron chi connectivity index (χ4n) is 2.90. The zero-order valence-electron chi connectivity index (χ0n) is 15.1. The Morgan fingerprint density at radius 3 is 2.63 bits per heavy atom. The second kappa shape index (κ2) is 8.96. The second-order valence-corrected chi connectivity index (χ2v) is 7.04. The average Bonchev–Trinajstić information content (AvgIpc) is 3.18. The quantitative estimate of drug-likeness (QED) is 0.503. The topological polar surface area (TPSA) is 47.5 Å². The fourth-order valence-corrected chi connectivity index (χ4v) is 3.57. The van der Waals surface area contributed by atoms with Crippen molar-refractivity contribution in [2.45, 2.75) is 6.42 Å². The Morgan fingerprint density at radius 1 is 1.04 bits per heavy atom. The largest absolute Gasteiger partial charge is 0.476 e. The summed E-state index contributed by atoms with van der Waals surface area (Å²) in [5.41, 5.74) is 3.26. The number of hydrogen-bond donors (Lipinski definition) is 0. The van der Waals surface area contributed by atoms with Crippen LogP contribution in [0.25, 0.3) is 11.0 Å². The van der Waals surface area contributed by atoms with Crippen LogP contribution in [0, 0.1) is 11.8 Å². The third-order valence-corrected chi connectivity index (χ3v) is 5.06. The summed E-state index contributed by atoms with van der Waals surface area (Å²) < 4.78 is 11.3. The van der Waals surface area contributed by atoms with Gasteiger partial charge in [0.15, 0.2) is 5.69 Å². The molecule has 1 aliphatic heterocycles. The van der Waals surface area contributed by atoms with Crippen LogP contribution in [-0.4, -0.2) is 54.3 Å². The Kier molecular flexibility index (Phi) is 5.95. The third-order valence-electron chi connectivity index (χ3n) is 4.34. The molecule has 0 bridgehead atoms. The van der Waals surface area contributed by atoms with Crippen molar-refractivity contribution in [2.75, 3.05) is 39.5 Å². The maximum Gasteiger partial charge on any atom is 0.249 e. The first-order valence-corrected chi connectivity index (χ1v) is 10.1. The van der Waals surface area contributed by atoms with E-state index in [1.807, 2.05) is 41.1 Å². The van der Waals surface area contributed by atoms with Crippen molar-refractivity contribution in [3.8, 4) is 17.7 Å². The van der Waals surface area contributed by atoms with Gasteiger partial charge in [-0.2, -0.15) is 0 Å². The number of fused-ring (bicyclic) bond motifs is 1. The Hall–Kier alpha value is -2.46. The molecule has 4 rings (SSSR count). The van der Waals surface area contributed by atoms with Crippen LogP contribution in [0.1, 0.15) is 17.7 Å². The van der Waals surface area contributed by atoms with Crippen molar-refractivity contribution in [1.82, 2.24) is 14.9 Å². The number of morpholine rings is 1. The summed E-state index contributed by atoms with van der Waals surface area (Å²) >= 11 is 1.58. The van der Waals surface area contributed by atoms with Crippen molar-refractivity contribution in [2.24, 2.45) is 0 Å². The van der Waals surface area contributed by atoms with Gasteiger partial charge in [0.05, 0.1) is 19.8 Å². The Balaban J connectivity index is 1.46. The first kappa shape index (κ1) is 17.9. The second-order valence-electron chi connectivity index (χ2n) is 6.29. The molecule has 0 radical (unpaired) electrons. The molecule has 1 saturated heterocycles. The molecule has 0 atom stereocenters. The molecule has 5 nitrogen and oxygen atoms in total. The van der Waals surface area contributed by atoms with E-state index >= 15 is 0 Å². The molecule has 6 heteroatoms. The summed E-state index contributed by atoms with van der Waals surface area (Å²) in [7, 11) is 0. The van der Waals surface area contributed by atoms with E-state index in [0.29, 0.717) is 18.2 Å². The lowest BCUT2D eigenvalue weighted by molar-refractivity contribution is 0.0357. The van der Waals surface area contributed by atoms with Gasteiger partial charge in [-0.15, -0.1) is 11.3 Å². The van der Waals surface area contributed by atoms with E-state index in [1.54, 1.807) is 11.3 Å². The molecule has 1 aromatic carbocycles. The maximum atomic E-state index is 5.96. The summed E-state index contributed by atoms with van der Waals surface area (Å²) in [6.45, 7) is 5.23. The molecule has 0 amide bonds. The highest BCUT2D eigenvalue weighted by Crippen LogP contribution is 2.21. The molecule has 2 aromatic heterocycles. The molecule has 0 aliphatic carbocycles. The lowest BCUT2D eigenvalue weighted by Gasteiger charge is -2.26. The van der Waals surface area contributed by atoms with Gasteiger partial charge in [-0.3, -0.25) is 4.90 Å². The van der Waals surface area contributed by atoms with Crippen LogP contribution in [0.15, 0.2) is 41.1 Å². The molecule has 1 aliphatic rings. The van der Waals surface area contributed by atoms with Crippen LogP contribution >= 0.6 is 11.3 Å². The summed E-state index contributed by atoms with van der Waals surface area (Å²) in [4.78, 5) is 11.7.